The fourth-order valence-corrected chi connectivity index (χ4v) is 4.03. The molecule has 0 aromatic carbocycles. The van der Waals surface area contributed by atoms with Crippen molar-refractivity contribution in [1.82, 2.24) is 14.9 Å². The summed E-state index contributed by atoms with van der Waals surface area (Å²) < 4.78 is 35.7. The highest BCUT2D eigenvalue weighted by Gasteiger charge is 2.24. The molecule has 0 radical (unpaired) electrons. The highest BCUT2D eigenvalue weighted by molar-refractivity contribution is 7.88. The first-order valence-electron chi connectivity index (χ1n) is 9.65. The van der Waals surface area contributed by atoms with Gasteiger partial charge in [0.15, 0.2) is 5.96 Å². The number of nitrogens with one attached hydrogen (secondary N) is 2. The van der Waals surface area contributed by atoms with E-state index in [1.54, 1.807) is 4.31 Å². The lowest BCUT2D eigenvalue weighted by Crippen LogP contribution is -2.40. The van der Waals surface area contributed by atoms with Gasteiger partial charge in [-0.05, 0) is 38.5 Å². The van der Waals surface area contributed by atoms with E-state index in [0.29, 0.717) is 19.0 Å². The number of guanidine groups is 1. The summed E-state index contributed by atoms with van der Waals surface area (Å²) in [5, 5.41) is 6.60. The van der Waals surface area contributed by atoms with Gasteiger partial charge in [0.1, 0.15) is 0 Å². The van der Waals surface area contributed by atoms with E-state index in [0.717, 1.165) is 71.1 Å². The normalized spacial score (nSPS) is 23.3. The number of hydrogen-bond donors (Lipinski definition) is 2. The van der Waals surface area contributed by atoms with Crippen molar-refractivity contribution < 1.29 is 17.9 Å². The van der Waals surface area contributed by atoms with Gasteiger partial charge in [-0.1, -0.05) is 0 Å². The van der Waals surface area contributed by atoms with Gasteiger partial charge in [0, 0.05) is 45.9 Å². The van der Waals surface area contributed by atoms with Crippen molar-refractivity contribution in [2.45, 2.75) is 38.7 Å². The zero-order valence-electron chi connectivity index (χ0n) is 16.1. The predicted octanol–water partition coefficient (Wildman–Crippen LogP) is 0.409. The lowest BCUT2D eigenvalue weighted by atomic mass is 9.98. The molecule has 0 bridgehead atoms. The van der Waals surface area contributed by atoms with Crippen LogP contribution < -0.4 is 10.6 Å². The van der Waals surface area contributed by atoms with Crippen LogP contribution >= 0.6 is 0 Å². The topological polar surface area (TPSA) is 92.3 Å². The third kappa shape index (κ3) is 7.77. The Morgan fingerprint density at radius 3 is 2.65 bits per heavy atom. The number of hydrogen-bond acceptors (Lipinski definition) is 5. The van der Waals surface area contributed by atoms with Crippen molar-refractivity contribution in [2.75, 3.05) is 58.8 Å². The molecule has 0 aromatic rings. The van der Waals surface area contributed by atoms with Gasteiger partial charge in [-0.3, -0.25) is 4.99 Å². The van der Waals surface area contributed by atoms with Crippen LogP contribution in [-0.2, 0) is 19.5 Å². The van der Waals surface area contributed by atoms with Crippen molar-refractivity contribution in [2.24, 2.45) is 10.9 Å². The molecule has 26 heavy (non-hydrogen) atoms. The molecule has 2 heterocycles. The number of aliphatic imine (C=N–C) groups is 1. The first-order valence-corrected chi connectivity index (χ1v) is 11.5. The average Bonchev–Trinajstić information content (AvgIpc) is 3.12. The SMILES string of the molecule is CCNC(=NCC1CCN(S(C)(=O)=O)CC1)NCCCOC1CCOC1. The second kappa shape index (κ2) is 11.1. The summed E-state index contributed by atoms with van der Waals surface area (Å²) in [4.78, 5) is 4.67. The second-order valence-electron chi connectivity index (χ2n) is 6.96. The van der Waals surface area contributed by atoms with E-state index in [-0.39, 0.29) is 6.10 Å². The maximum atomic E-state index is 11.6. The van der Waals surface area contributed by atoms with Gasteiger partial charge >= 0.3 is 0 Å². The minimum absolute atomic E-state index is 0.259. The molecule has 2 fully saturated rings. The first-order chi connectivity index (χ1) is 12.5. The summed E-state index contributed by atoms with van der Waals surface area (Å²) in [5.41, 5.74) is 0. The van der Waals surface area contributed by atoms with Crippen molar-refractivity contribution in [3.05, 3.63) is 0 Å². The Morgan fingerprint density at radius 1 is 1.27 bits per heavy atom. The molecule has 8 nitrogen and oxygen atoms in total. The number of nitrogens with zero attached hydrogens (tertiary/aromatic N) is 2. The number of sulfonamides is 1. The maximum Gasteiger partial charge on any atom is 0.211 e. The Hall–Kier alpha value is -0.900. The van der Waals surface area contributed by atoms with Crippen molar-refractivity contribution in [3.63, 3.8) is 0 Å². The minimum atomic E-state index is -3.06. The average molecular weight is 391 g/mol. The number of ether oxygens (including phenoxy) is 2. The molecular formula is C17H34N4O4S. The first kappa shape index (κ1) is 21.4. The number of rotatable bonds is 9. The van der Waals surface area contributed by atoms with Gasteiger partial charge < -0.3 is 20.1 Å². The van der Waals surface area contributed by atoms with E-state index in [1.165, 1.54) is 6.26 Å². The van der Waals surface area contributed by atoms with E-state index < -0.39 is 10.0 Å². The highest BCUT2D eigenvalue weighted by atomic mass is 32.2. The van der Waals surface area contributed by atoms with Crippen molar-refractivity contribution >= 4 is 16.0 Å². The minimum Gasteiger partial charge on any atom is -0.379 e. The smallest absolute Gasteiger partial charge is 0.211 e. The van der Waals surface area contributed by atoms with E-state index in [9.17, 15) is 8.42 Å². The van der Waals surface area contributed by atoms with E-state index in [1.807, 2.05) is 6.92 Å². The Labute approximate surface area is 157 Å². The third-order valence-corrected chi connectivity index (χ3v) is 6.05. The van der Waals surface area contributed by atoms with Gasteiger partial charge in [-0.15, -0.1) is 0 Å². The molecular weight excluding hydrogens is 356 g/mol. The van der Waals surface area contributed by atoms with Crippen LogP contribution in [0.1, 0.15) is 32.6 Å². The van der Waals surface area contributed by atoms with Crippen LogP contribution in [0.4, 0.5) is 0 Å². The van der Waals surface area contributed by atoms with Gasteiger partial charge in [-0.2, -0.15) is 0 Å². The number of piperidine rings is 1. The summed E-state index contributed by atoms with van der Waals surface area (Å²) in [6.45, 7) is 7.85. The summed E-state index contributed by atoms with van der Waals surface area (Å²) in [7, 11) is -3.06. The summed E-state index contributed by atoms with van der Waals surface area (Å²) in [5.74, 6) is 1.26. The van der Waals surface area contributed by atoms with Gasteiger partial charge in [0.05, 0.1) is 19.0 Å². The molecule has 2 rings (SSSR count). The molecule has 0 aliphatic carbocycles. The second-order valence-corrected chi connectivity index (χ2v) is 8.94. The van der Waals surface area contributed by atoms with E-state index in [2.05, 4.69) is 15.6 Å². The van der Waals surface area contributed by atoms with Crippen LogP contribution in [0.15, 0.2) is 4.99 Å². The summed E-state index contributed by atoms with van der Waals surface area (Å²) in [6.07, 6.45) is 5.20. The van der Waals surface area contributed by atoms with Crippen molar-refractivity contribution in [3.8, 4) is 0 Å². The fourth-order valence-electron chi connectivity index (χ4n) is 3.16. The van der Waals surface area contributed by atoms with Crippen LogP contribution in [0, 0.1) is 5.92 Å². The molecule has 2 aliphatic heterocycles. The zero-order chi connectivity index (χ0) is 18.8. The Bertz CT molecular complexity index is 527. The molecule has 0 spiro atoms. The van der Waals surface area contributed by atoms with Crippen LogP contribution in [-0.4, -0.2) is 83.6 Å². The lowest BCUT2D eigenvalue weighted by molar-refractivity contribution is 0.0420. The molecule has 152 valence electrons. The Balaban J connectivity index is 1.64. The maximum absolute atomic E-state index is 11.6. The molecule has 2 saturated heterocycles. The van der Waals surface area contributed by atoms with Crippen LogP contribution in [0.5, 0.6) is 0 Å². The van der Waals surface area contributed by atoms with Crippen LogP contribution in [0.3, 0.4) is 0 Å². The van der Waals surface area contributed by atoms with Gasteiger partial charge in [0.2, 0.25) is 10.0 Å². The quantitative estimate of drug-likeness (QED) is 0.337. The fraction of sp³-hybridized carbons (Fsp3) is 0.941. The predicted molar refractivity (Wildman–Crippen MR) is 103 cm³/mol. The summed E-state index contributed by atoms with van der Waals surface area (Å²) >= 11 is 0. The largest absolute Gasteiger partial charge is 0.379 e. The molecule has 0 saturated carbocycles. The molecule has 1 unspecified atom stereocenters. The molecule has 2 N–H and O–H groups in total. The monoisotopic (exact) mass is 390 g/mol. The van der Waals surface area contributed by atoms with Gasteiger partial charge in [-0.25, -0.2) is 12.7 Å². The lowest BCUT2D eigenvalue weighted by Gasteiger charge is -2.29. The third-order valence-electron chi connectivity index (χ3n) is 4.75. The Kier molecular flexibility index (Phi) is 9.10. The van der Waals surface area contributed by atoms with Crippen LogP contribution in [0.2, 0.25) is 0 Å². The molecule has 0 amide bonds. The molecule has 9 heteroatoms. The van der Waals surface area contributed by atoms with E-state index in [4.69, 9.17) is 9.47 Å². The highest BCUT2D eigenvalue weighted by Crippen LogP contribution is 2.19. The van der Waals surface area contributed by atoms with Crippen molar-refractivity contribution in [1.29, 1.82) is 0 Å². The molecule has 2 aliphatic rings. The van der Waals surface area contributed by atoms with Gasteiger partial charge in [0.25, 0.3) is 0 Å². The van der Waals surface area contributed by atoms with Crippen LogP contribution in [0.25, 0.3) is 0 Å². The Morgan fingerprint density at radius 2 is 2.04 bits per heavy atom. The van der Waals surface area contributed by atoms with E-state index >= 15 is 0 Å². The summed E-state index contributed by atoms with van der Waals surface area (Å²) in [6, 6.07) is 0. The molecule has 1 atom stereocenters. The molecule has 0 aromatic heterocycles. The standard InChI is InChI=1S/C17H34N4O4S/c1-3-18-17(19-8-4-11-25-16-7-12-24-14-16)20-13-15-5-9-21(10-6-15)26(2,22)23/h15-16H,3-14H2,1-2H3,(H2,18,19,20). The zero-order valence-corrected chi connectivity index (χ0v) is 16.9.